The van der Waals surface area contributed by atoms with Crippen LogP contribution in [-0.4, -0.2) is 50.5 Å². The number of thioether (sulfide) groups is 1. The Morgan fingerprint density at radius 1 is 1.13 bits per heavy atom. The van der Waals surface area contributed by atoms with Crippen LogP contribution in [0.1, 0.15) is 36.5 Å². The second-order valence-corrected chi connectivity index (χ2v) is 11.8. The van der Waals surface area contributed by atoms with Crippen molar-refractivity contribution in [2.45, 2.75) is 39.5 Å². The molecule has 1 aliphatic heterocycles. The lowest BCUT2D eigenvalue weighted by atomic mass is 10.0. The van der Waals surface area contributed by atoms with Gasteiger partial charge in [-0.3, -0.25) is 9.69 Å². The monoisotopic (exact) mass is 656 g/mol. The third kappa shape index (κ3) is 7.84. The molecule has 1 saturated heterocycles. The minimum Gasteiger partial charge on any atom is -0.406 e. The van der Waals surface area contributed by atoms with Crippen LogP contribution in [0.25, 0.3) is 17.1 Å². The molecule has 1 fully saturated rings. The van der Waals surface area contributed by atoms with Gasteiger partial charge >= 0.3 is 12.4 Å². The number of nitrogens with zero attached hydrogens (tertiary/aromatic N) is 5. The predicted octanol–water partition coefficient (Wildman–Crippen LogP) is 7.31. The molecule has 9 nitrogen and oxygen atoms in total. The number of aromatic nitrogens is 3. The van der Waals surface area contributed by atoms with Crippen molar-refractivity contribution in [2.24, 2.45) is 4.99 Å². The summed E-state index contributed by atoms with van der Waals surface area (Å²) < 4.78 is 42.6. The van der Waals surface area contributed by atoms with E-state index < -0.39 is 12.4 Å². The summed E-state index contributed by atoms with van der Waals surface area (Å²) in [5, 5.41) is 8.04. The number of hydrogen-bond donors (Lipinski definition) is 1. The number of aliphatic imine (C=N–C) groups is 1. The first-order chi connectivity index (χ1) is 21.4. The van der Waals surface area contributed by atoms with Gasteiger partial charge in [0.25, 0.3) is 0 Å². The lowest BCUT2D eigenvalue weighted by Gasteiger charge is -2.21. The van der Waals surface area contributed by atoms with E-state index >= 15 is 0 Å². The number of anilines is 1. The molecular weight excluding hydrogens is 629 g/mol. The molecule has 1 aromatic heterocycles. The van der Waals surface area contributed by atoms with Crippen LogP contribution < -0.4 is 15.0 Å². The molecule has 3 amide bonds. The number of urea groups is 1. The van der Waals surface area contributed by atoms with Crippen LogP contribution >= 0.6 is 23.4 Å². The maximum absolute atomic E-state index is 12.7. The Balaban J connectivity index is 1.20. The van der Waals surface area contributed by atoms with E-state index in [4.69, 9.17) is 11.6 Å². The van der Waals surface area contributed by atoms with E-state index in [0.717, 1.165) is 22.3 Å². The van der Waals surface area contributed by atoms with E-state index in [0.29, 0.717) is 40.4 Å². The first-order valence-corrected chi connectivity index (χ1v) is 15.2. The second-order valence-electron chi connectivity index (χ2n) is 10.4. The lowest BCUT2D eigenvalue weighted by Crippen LogP contribution is -2.32. The highest BCUT2D eigenvalue weighted by Gasteiger charge is 2.33. The van der Waals surface area contributed by atoms with Crippen LogP contribution in [-0.2, 0) is 11.2 Å². The van der Waals surface area contributed by atoms with E-state index in [1.54, 1.807) is 12.1 Å². The first-order valence-electron chi connectivity index (χ1n) is 13.9. The largest absolute Gasteiger partial charge is 0.573 e. The normalized spacial score (nSPS) is 14.4. The number of alkyl halides is 3. The van der Waals surface area contributed by atoms with Crippen LogP contribution in [0.2, 0.25) is 5.02 Å². The Morgan fingerprint density at radius 3 is 2.58 bits per heavy atom. The SMILES string of the molecule is Cc1cc(-c2ncn(-c3ccc(OC(F)(F)F)cc3)n2)ccc1CCNC(=O)/N=C1\SCC(=O)N1c1cc(Cl)ccc1C(C)C. The molecule has 0 atom stereocenters. The Morgan fingerprint density at radius 2 is 1.89 bits per heavy atom. The molecule has 45 heavy (non-hydrogen) atoms. The van der Waals surface area contributed by atoms with Crippen molar-refractivity contribution in [3.8, 4) is 22.8 Å². The van der Waals surface area contributed by atoms with Crippen LogP contribution in [0.3, 0.4) is 0 Å². The number of amides is 3. The van der Waals surface area contributed by atoms with Crippen molar-refractivity contribution in [1.82, 2.24) is 20.1 Å². The molecular formula is C31H28ClF3N6O3S. The summed E-state index contributed by atoms with van der Waals surface area (Å²) in [6.07, 6.45) is -2.75. The molecule has 0 spiro atoms. The molecule has 0 aliphatic carbocycles. The van der Waals surface area contributed by atoms with Crippen LogP contribution in [0.5, 0.6) is 5.75 Å². The Kier molecular flexibility index (Phi) is 9.49. The summed E-state index contributed by atoms with van der Waals surface area (Å²) in [5.41, 5.74) is 4.79. The smallest absolute Gasteiger partial charge is 0.406 e. The lowest BCUT2D eigenvalue weighted by molar-refractivity contribution is -0.274. The van der Waals surface area contributed by atoms with Gasteiger partial charge in [0.05, 0.1) is 17.1 Å². The van der Waals surface area contributed by atoms with Crippen molar-refractivity contribution in [1.29, 1.82) is 0 Å². The highest BCUT2D eigenvalue weighted by Crippen LogP contribution is 2.35. The van der Waals surface area contributed by atoms with Gasteiger partial charge in [-0.2, -0.15) is 4.99 Å². The standard InChI is InChI=1S/C31H28ClF3N6O3S/c1-18(2)25-11-6-22(32)15-26(25)41-27(42)16-45-30(41)38-29(43)36-13-12-20-4-5-21(14-19(20)3)28-37-17-40(39-28)23-7-9-24(10-8-23)44-31(33,34)35/h4-11,14-15,17-18H,12-13,16H2,1-3H3,(H,36,43)/b38-30-. The van der Waals surface area contributed by atoms with E-state index in [-0.39, 0.29) is 23.3 Å². The fourth-order valence-electron chi connectivity index (χ4n) is 4.75. The average Bonchev–Trinajstić information content (AvgIpc) is 3.60. The molecule has 14 heteroatoms. The summed E-state index contributed by atoms with van der Waals surface area (Å²) >= 11 is 7.43. The molecule has 5 rings (SSSR count). The predicted molar refractivity (Wildman–Crippen MR) is 168 cm³/mol. The number of halogens is 4. The van der Waals surface area contributed by atoms with Gasteiger partial charge in [0.15, 0.2) is 11.0 Å². The molecule has 1 N–H and O–H groups in total. The van der Waals surface area contributed by atoms with Gasteiger partial charge in [-0.15, -0.1) is 18.3 Å². The number of amidine groups is 1. The van der Waals surface area contributed by atoms with Gasteiger partial charge in [0, 0.05) is 17.1 Å². The van der Waals surface area contributed by atoms with Crippen molar-refractivity contribution in [3.63, 3.8) is 0 Å². The first kappa shape index (κ1) is 32.0. The molecule has 0 unspecified atom stereocenters. The number of ether oxygens (including phenoxy) is 1. The minimum absolute atomic E-state index is 0.134. The zero-order valence-electron chi connectivity index (χ0n) is 24.4. The quantitative estimate of drug-likeness (QED) is 0.214. The maximum atomic E-state index is 12.7. The second kappa shape index (κ2) is 13.3. The van der Waals surface area contributed by atoms with Crippen molar-refractivity contribution >= 4 is 46.2 Å². The van der Waals surface area contributed by atoms with Crippen LogP contribution in [0, 0.1) is 6.92 Å². The van der Waals surface area contributed by atoms with E-state index in [2.05, 4.69) is 25.1 Å². The van der Waals surface area contributed by atoms with Crippen LogP contribution in [0.4, 0.5) is 23.7 Å². The van der Waals surface area contributed by atoms with Gasteiger partial charge < -0.3 is 10.1 Å². The topological polar surface area (TPSA) is 102 Å². The fraction of sp³-hybridized carbons (Fsp3) is 0.258. The third-order valence-electron chi connectivity index (χ3n) is 6.92. The average molecular weight is 657 g/mol. The highest BCUT2D eigenvalue weighted by molar-refractivity contribution is 8.15. The van der Waals surface area contributed by atoms with Gasteiger partial charge in [-0.1, -0.05) is 55.4 Å². The molecule has 234 valence electrons. The Labute approximate surface area is 266 Å². The molecule has 1 aliphatic rings. The molecule has 3 aromatic carbocycles. The zero-order chi connectivity index (χ0) is 32.3. The molecule has 0 saturated carbocycles. The summed E-state index contributed by atoms with van der Waals surface area (Å²) in [7, 11) is 0. The zero-order valence-corrected chi connectivity index (χ0v) is 26.0. The van der Waals surface area contributed by atoms with Crippen molar-refractivity contribution < 1.29 is 27.5 Å². The Bertz CT molecular complexity index is 1760. The molecule has 4 aromatic rings. The maximum Gasteiger partial charge on any atom is 0.573 e. The fourth-order valence-corrected chi connectivity index (χ4v) is 5.77. The number of carbonyl (C=O) groups excluding carboxylic acids is 2. The van der Waals surface area contributed by atoms with Crippen LogP contribution in [0.15, 0.2) is 72.0 Å². The molecule has 0 bridgehead atoms. The minimum atomic E-state index is -4.76. The third-order valence-corrected chi connectivity index (χ3v) is 8.07. The molecule has 0 radical (unpaired) electrons. The van der Waals surface area contributed by atoms with Crippen molar-refractivity contribution in [3.05, 3.63) is 88.7 Å². The number of carbonyl (C=O) groups is 2. The number of nitrogens with one attached hydrogen (secondary N) is 1. The summed E-state index contributed by atoms with van der Waals surface area (Å²) in [6.45, 7) is 6.30. The van der Waals surface area contributed by atoms with E-state index in [9.17, 15) is 22.8 Å². The summed E-state index contributed by atoms with van der Waals surface area (Å²) in [6, 6.07) is 15.8. The Hall–Kier alpha value is -4.36. The van der Waals surface area contributed by atoms with Gasteiger partial charge in [0.2, 0.25) is 5.91 Å². The van der Waals surface area contributed by atoms with E-state index in [1.165, 1.54) is 51.9 Å². The van der Waals surface area contributed by atoms with E-state index in [1.807, 2.05) is 45.0 Å². The van der Waals surface area contributed by atoms with Gasteiger partial charge in [0.1, 0.15) is 12.1 Å². The highest BCUT2D eigenvalue weighted by atomic mass is 35.5. The van der Waals surface area contributed by atoms with Gasteiger partial charge in [-0.25, -0.2) is 14.5 Å². The number of hydrogen-bond acceptors (Lipinski definition) is 6. The summed E-state index contributed by atoms with van der Waals surface area (Å²) in [5.74, 6) is 0.262. The molecule has 2 heterocycles. The van der Waals surface area contributed by atoms with Gasteiger partial charge in [-0.05, 0) is 78.4 Å². The summed E-state index contributed by atoms with van der Waals surface area (Å²) in [4.78, 5) is 35.5. The number of benzene rings is 3. The number of rotatable bonds is 8. The number of aryl methyl sites for hydroxylation is 1. The van der Waals surface area contributed by atoms with Crippen molar-refractivity contribution in [2.75, 3.05) is 17.2 Å².